The second kappa shape index (κ2) is 6.42. The van der Waals surface area contributed by atoms with E-state index in [9.17, 15) is 0 Å². The van der Waals surface area contributed by atoms with E-state index in [1.165, 1.54) is 35.2 Å². The van der Waals surface area contributed by atoms with Gasteiger partial charge in [-0.1, -0.05) is 18.2 Å². The van der Waals surface area contributed by atoms with Crippen LogP contribution in [-0.2, 0) is 19.4 Å². The summed E-state index contributed by atoms with van der Waals surface area (Å²) in [5.74, 6) is 0. The molecule has 1 aromatic carbocycles. The summed E-state index contributed by atoms with van der Waals surface area (Å²) in [6.07, 6.45) is 3.56. The summed E-state index contributed by atoms with van der Waals surface area (Å²) in [5, 5.41) is 11.6. The zero-order chi connectivity index (χ0) is 13.8. The maximum absolute atomic E-state index is 3.65. The molecule has 0 fully saturated rings. The third-order valence-corrected chi connectivity index (χ3v) is 4.66. The Morgan fingerprint density at radius 3 is 3.15 bits per heavy atom. The molecule has 2 nitrogen and oxygen atoms in total. The van der Waals surface area contributed by atoms with Crippen molar-refractivity contribution in [2.45, 2.75) is 38.8 Å². The van der Waals surface area contributed by atoms with Crippen molar-refractivity contribution in [3.63, 3.8) is 0 Å². The molecule has 2 aromatic rings. The molecular formula is C17H22N2S. The summed E-state index contributed by atoms with van der Waals surface area (Å²) in [7, 11) is 0. The second-order valence-corrected chi connectivity index (χ2v) is 6.38. The minimum atomic E-state index is 0.504. The fourth-order valence-corrected chi connectivity index (χ4v) is 3.53. The van der Waals surface area contributed by atoms with Gasteiger partial charge in [0.05, 0.1) is 0 Å². The number of aryl methyl sites for hydroxylation is 1. The lowest BCUT2D eigenvalue weighted by Crippen LogP contribution is -2.28. The lowest BCUT2D eigenvalue weighted by atomic mass is 9.99. The molecule has 20 heavy (non-hydrogen) atoms. The Morgan fingerprint density at radius 1 is 1.35 bits per heavy atom. The molecule has 2 N–H and O–H groups in total. The Balaban J connectivity index is 1.61. The number of para-hydroxylation sites is 1. The molecule has 106 valence electrons. The Bertz CT molecular complexity index is 548. The molecule has 0 spiro atoms. The van der Waals surface area contributed by atoms with Crippen LogP contribution in [0.4, 0.5) is 5.69 Å². The molecule has 1 atom stereocenters. The largest absolute Gasteiger partial charge is 0.385 e. The van der Waals surface area contributed by atoms with Gasteiger partial charge in [-0.2, -0.15) is 11.3 Å². The highest BCUT2D eigenvalue weighted by molar-refractivity contribution is 7.07. The SMILES string of the molecule is CC(Cc1ccsc1)NCc1cccc2c1NCCC2. The Kier molecular flexibility index (Phi) is 4.38. The summed E-state index contributed by atoms with van der Waals surface area (Å²) >= 11 is 1.78. The molecule has 1 aliphatic heterocycles. The summed E-state index contributed by atoms with van der Waals surface area (Å²) in [5.41, 5.74) is 5.68. The van der Waals surface area contributed by atoms with Crippen LogP contribution in [0.2, 0.25) is 0 Å². The first-order valence-corrected chi connectivity index (χ1v) is 8.36. The van der Waals surface area contributed by atoms with Gasteiger partial charge in [0.1, 0.15) is 0 Å². The fourth-order valence-electron chi connectivity index (χ4n) is 2.85. The maximum atomic E-state index is 3.65. The molecule has 0 bridgehead atoms. The highest BCUT2D eigenvalue weighted by atomic mass is 32.1. The zero-order valence-electron chi connectivity index (χ0n) is 12.0. The highest BCUT2D eigenvalue weighted by Gasteiger charge is 2.12. The quantitative estimate of drug-likeness (QED) is 0.873. The molecule has 0 saturated heterocycles. The van der Waals surface area contributed by atoms with Crippen molar-refractivity contribution in [1.29, 1.82) is 0 Å². The van der Waals surface area contributed by atoms with Crippen LogP contribution in [0.25, 0.3) is 0 Å². The van der Waals surface area contributed by atoms with Crippen LogP contribution in [-0.4, -0.2) is 12.6 Å². The lowest BCUT2D eigenvalue weighted by molar-refractivity contribution is 0.546. The first-order valence-electron chi connectivity index (χ1n) is 7.42. The third-order valence-electron chi connectivity index (χ3n) is 3.92. The molecule has 3 rings (SSSR count). The first kappa shape index (κ1) is 13.7. The number of anilines is 1. The van der Waals surface area contributed by atoms with Gasteiger partial charge >= 0.3 is 0 Å². The van der Waals surface area contributed by atoms with Gasteiger partial charge < -0.3 is 10.6 Å². The van der Waals surface area contributed by atoms with Crippen LogP contribution in [0, 0.1) is 0 Å². The molecular weight excluding hydrogens is 264 g/mol. The predicted molar refractivity (Wildman–Crippen MR) is 87.6 cm³/mol. The third kappa shape index (κ3) is 3.22. The summed E-state index contributed by atoms with van der Waals surface area (Å²) in [4.78, 5) is 0. The van der Waals surface area contributed by atoms with E-state index in [0.717, 1.165) is 19.5 Å². The van der Waals surface area contributed by atoms with E-state index in [-0.39, 0.29) is 0 Å². The van der Waals surface area contributed by atoms with E-state index in [1.807, 2.05) is 0 Å². The number of fused-ring (bicyclic) bond motifs is 1. The molecule has 1 aromatic heterocycles. The van der Waals surface area contributed by atoms with Crippen LogP contribution in [0.15, 0.2) is 35.0 Å². The Labute approximate surface area is 125 Å². The Morgan fingerprint density at radius 2 is 2.30 bits per heavy atom. The smallest absolute Gasteiger partial charge is 0.0418 e. The number of thiophene rings is 1. The Hall–Kier alpha value is -1.32. The lowest BCUT2D eigenvalue weighted by Gasteiger charge is -2.22. The van der Waals surface area contributed by atoms with Crippen molar-refractivity contribution in [2.24, 2.45) is 0 Å². The van der Waals surface area contributed by atoms with Crippen molar-refractivity contribution in [2.75, 3.05) is 11.9 Å². The number of hydrogen-bond acceptors (Lipinski definition) is 3. The van der Waals surface area contributed by atoms with Gasteiger partial charge in [-0.25, -0.2) is 0 Å². The number of rotatable bonds is 5. The maximum Gasteiger partial charge on any atom is 0.0418 e. The number of benzene rings is 1. The van der Waals surface area contributed by atoms with E-state index in [1.54, 1.807) is 11.3 Å². The topological polar surface area (TPSA) is 24.1 Å². The minimum Gasteiger partial charge on any atom is -0.385 e. The fraction of sp³-hybridized carbons (Fsp3) is 0.412. The second-order valence-electron chi connectivity index (χ2n) is 5.60. The van der Waals surface area contributed by atoms with Crippen LogP contribution in [0.1, 0.15) is 30.0 Å². The van der Waals surface area contributed by atoms with Crippen molar-refractivity contribution in [3.05, 3.63) is 51.7 Å². The van der Waals surface area contributed by atoms with E-state index in [2.05, 4.69) is 52.6 Å². The molecule has 1 aliphatic rings. The van der Waals surface area contributed by atoms with Gasteiger partial charge in [0, 0.05) is 24.8 Å². The molecule has 0 saturated carbocycles. The van der Waals surface area contributed by atoms with Gasteiger partial charge in [-0.05, 0) is 59.7 Å². The number of nitrogens with one attached hydrogen (secondary N) is 2. The minimum absolute atomic E-state index is 0.504. The van der Waals surface area contributed by atoms with Crippen molar-refractivity contribution < 1.29 is 0 Å². The summed E-state index contributed by atoms with van der Waals surface area (Å²) in [6, 6.07) is 9.40. The molecule has 3 heteroatoms. The highest BCUT2D eigenvalue weighted by Crippen LogP contribution is 2.26. The molecule has 0 amide bonds. The van der Waals surface area contributed by atoms with Gasteiger partial charge in [0.15, 0.2) is 0 Å². The molecule has 0 aliphatic carbocycles. The first-order chi connectivity index (χ1) is 9.83. The number of hydrogen-bond donors (Lipinski definition) is 2. The van der Waals surface area contributed by atoms with Gasteiger partial charge in [-0.3, -0.25) is 0 Å². The van der Waals surface area contributed by atoms with E-state index < -0.39 is 0 Å². The monoisotopic (exact) mass is 286 g/mol. The zero-order valence-corrected chi connectivity index (χ0v) is 12.8. The van der Waals surface area contributed by atoms with Gasteiger partial charge in [0.2, 0.25) is 0 Å². The normalized spacial score (nSPS) is 15.4. The predicted octanol–water partition coefficient (Wildman–Crippen LogP) is 3.83. The summed E-state index contributed by atoms with van der Waals surface area (Å²) in [6.45, 7) is 4.32. The van der Waals surface area contributed by atoms with E-state index in [4.69, 9.17) is 0 Å². The van der Waals surface area contributed by atoms with Crippen LogP contribution < -0.4 is 10.6 Å². The molecule has 0 radical (unpaired) electrons. The average molecular weight is 286 g/mol. The average Bonchev–Trinajstić information content (AvgIpc) is 2.98. The van der Waals surface area contributed by atoms with Crippen LogP contribution in [0.5, 0.6) is 0 Å². The van der Waals surface area contributed by atoms with E-state index >= 15 is 0 Å². The van der Waals surface area contributed by atoms with Gasteiger partial charge in [-0.15, -0.1) is 0 Å². The van der Waals surface area contributed by atoms with Crippen LogP contribution >= 0.6 is 11.3 Å². The van der Waals surface area contributed by atoms with Crippen molar-refractivity contribution >= 4 is 17.0 Å². The van der Waals surface area contributed by atoms with Crippen molar-refractivity contribution in [1.82, 2.24) is 5.32 Å². The van der Waals surface area contributed by atoms with Crippen molar-refractivity contribution in [3.8, 4) is 0 Å². The molecule has 1 unspecified atom stereocenters. The molecule has 2 heterocycles. The standard InChI is InChI=1S/C17H22N2S/c1-13(10-14-7-9-20-12-14)19-11-16-5-2-4-15-6-3-8-18-17(15)16/h2,4-5,7,9,12-13,18-19H,3,6,8,10-11H2,1H3. The van der Waals surface area contributed by atoms with Gasteiger partial charge in [0.25, 0.3) is 0 Å². The van der Waals surface area contributed by atoms with E-state index in [0.29, 0.717) is 6.04 Å². The summed E-state index contributed by atoms with van der Waals surface area (Å²) < 4.78 is 0. The van der Waals surface area contributed by atoms with Crippen LogP contribution in [0.3, 0.4) is 0 Å².